The molecule has 4 rings (SSSR count). The van der Waals surface area contributed by atoms with Crippen molar-refractivity contribution in [3.05, 3.63) is 100 Å². The van der Waals surface area contributed by atoms with Crippen LogP contribution in [0.1, 0.15) is 28.6 Å². The van der Waals surface area contributed by atoms with Crippen molar-refractivity contribution in [3.8, 4) is 17.4 Å². The molecule has 1 aromatic heterocycles. The van der Waals surface area contributed by atoms with Crippen LogP contribution in [0.4, 0.5) is 0 Å². The van der Waals surface area contributed by atoms with Gasteiger partial charge in [-0.05, 0) is 48.4 Å². The number of amides is 2. The minimum atomic E-state index is -0.713. The lowest BCUT2D eigenvalue weighted by atomic mass is 9.96. The second kappa shape index (κ2) is 9.84. The average molecular weight is 452 g/mol. The van der Waals surface area contributed by atoms with E-state index in [-0.39, 0.29) is 23.3 Å². The van der Waals surface area contributed by atoms with Gasteiger partial charge in [0.2, 0.25) is 0 Å². The lowest BCUT2D eigenvalue weighted by Gasteiger charge is -2.15. The Morgan fingerprint density at radius 3 is 2.62 bits per heavy atom. The molecule has 1 aliphatic heterocycles. The third-order valence-electron chi connectivity index (χ3n) is 5.35. The van der Waals surface area contributed by atoms with Gasteiger partial charge in [0.05, 0.1) is 12.2 Å². The second-order valence-corrected chi connectivity index (χ2v) is 7.61. The highest BCUT2D eigenvalue weighted by Crippen LogP contribution is 2.27. The number of benzene rings is 2. The molecule has 2 amide bonds. The van der Waals surface area contributed by atoms with Gasteiger partial charge in [-0.2, -0.15) is 5.26 Å². The SMILES string of the molecule is CC1=C(C#N)C(=O)NC(=O)/C1=C\c1ccc(-c2cccc(C(=O)OCCc3ccccc3)c2)o1. The van der Waals surface area contributed by atoms with Crippen LogP contribution >= 0.6 is 0 Å². The fraction of sp³-hybridized carbons (Fsp3) is 0.111. The first kappa shape index (κ1) is 22.5. The lowest BCUT2D eigenvalue weighted by molar-refractivity contribution is -0.126. The van der Waals surface area contributed by atoms with Crippen molar-refractivity contribution in [2.24, 2.45) is 0 Å². The number of imide groups is 1. The summed E-state index contributed by atoms with van der Waals surface area (Å²) in [4.78, 5) is 36.5. The van der Waals surface area contributed by atoms with E-state index in [1.165, 1.54) is 13.0 Å². The van der Waals surface area contributed by atoms with Gasteiger partial charge in [-0.3, -0.25) is 14.9 Å². The smallest absolute Gasteiger partial charge is 0.338 e. The van der Waals surface area contributed by atoms with Crippen LogP contribution in [0, 0.1) is 11.3 Å². The van der Waals surface area contributed by atoms with Gasteiger partial charge in [0.15, 0.2) is 0 Å². The highest BCUT2D eigenvalue weighted by atomic mass is 16.5. The zero-order valence-electron chi connectivity index (χ0n) is 18.3. The molecule has 1 aliphatic rings. The normalized spacial score (nSPS) is 14.6. The molecule has 2 heterocycles. The van der Waals surface area contributed by atoms with E-state index < -0.39 is 17.8 Å². The van der Waals surface area contributed by atoms with E-state index in [1.807, 2.05) is 36.4 Å². The Balaban J connectivity index is 1.49. The largest absolute Gasteiger partial charge is 0.462 e. The molecule has 34 heavy (non-hydrogen) atoms. The number of hydrogen-bond acceptors (Lipinski definition) is 6. The molecule has 0 aliphatic carbocycles. The Morgan fingerprint density at radius 1 is 1.06 bits per heavy atom. The Hall–Kier alpha value is -4.70. The molecule has 2 aromatic carbocycles. The summed E-state index contributed by atoms with van der Waals surface area (Å²) < 4.78 is 11.2. The van der Waals surface area contributed by atoms with Gasteiger partial charge in [-0.15, -0.1) is 0 Å². The average Bonchev–Trinajstić information content (AvgIpc) is 3.31. The van der Waals surface area contributed by atoms with E-state index in [0.29, 0.717) is 29.1 Å². The van der Waals surface area contributed by atoms with E-state index in [9.17, 15) is 14.4 Å². The fourth-order valence-electron chi connectivity index (χ4n) is 3.53. The molecular weight excluding hydrogens is 432 g/mol. The first-order valence-electron chi connectivity index (χ1n) is 10.6. The number of nitriles is 1. The van der Waals surface area contributed by atoms with E-state index >= 15 is 0 Å². The summed E-state index contributed by atoms with van der Waals surface area (Å²) in [5.74, 6) is -0.892. The summed E-state index contributed by atoms with van der Waals surface area (Å²) in [5.41, 5.74) is 2.49. The van der Waals surface area contributed by atoms with Crippen molar-refractivity contribution in [3.63, 3.8) is 0 Å². The topological polar surface area (TPSA) is 109 Å². The predicted octanol–water partition coefficient (Wildman–Crippen LogP) is 4.23. The molecule has 0 atom stereocenters. The first-order valence-corrected chi connectivity index (χ1v) is 10.6. The molecular formula is C27H20N2O5. The summed E-state index contributed by atoms with van der Waals surface area (Å²) in [6.07, 6.45) is 2.10. The molecule has 168 valence electrons. The van der Waals surface area contributed by atoms with Crippen LogP contribution in [-0.4, -0.2) is 24.4 Å². The number of esters is 1. The minimum Gasteiger partial charge on any atom is -0.462 e. The van der Waals surface area contributed by atoms with E-state index in [0.717, 1.165) is 5.56 Å². The van der Waals surface area contributed by atoms with E-state index in [2.05, 4.69) is 5.32 Å². The third kappa shape index (κ3) is 4.87. The maximum Gasteiger partial charge on any atom is 0.338 e. The highest BCUT2D eigenvalue weighted by Gasteiger charge is 2.27. The molecule has 7 heteroatoms. The fourth-order valence-corrected chi connectivity index (χ4v) is 3.53. The number of nitrogens with one attached hydrogen (secondary N) is 1. The van der Waals surface area contributed by atoms with Crippen LogP contribution in [0.5, 0.6) is 0 Å². The van der Waals surface area contributed by atoms with Gasteiger partial charge in [0, 0.05) is 17.6 Å². The number of hydrogen-bond donors (Lipinski definition) is 1. The molecule has 0 spiro atoms. The van der Waals surface area contributed by atoms with Crippen molar-refractivity contribution in [1.82, 2.24) is 5.32 Å². The molecule has 1 N–H and O–H groups in total. The van der Waals surface area contributed by atoms with Gasteiger partial charge in [0.25, 0.3) is 11.8 Å². The maximum absolute atomic E-state index is 12.5. The number of furan rings is 1. The molecule has 0 radical (unpaired) electrons. The lowest BCUT2D eigenvalue weighted by Crippen LogP contribution is -2.37. The summed E-state index contributed by atoms with van der Waals surface area (Å²) in [7, 11) is 0. The monoisotopic (exact) mass is 452 g/mol. The first-order chi connectivity index (χ1) is 16.5. The van der Waals surface area contributed by atoms with E-state index in [4.69, 9.17) is 14.4 Å². The van der Waals surface area contributed by atoms with Crippen LogP contribution in [0.3, 0.4) is 0 Å². The van der Waals surface area contributed by atoms with Crippen LogP contribution < -0.4 is 5.32 Å². The summed E-state index contributed by atoms with van der Waals surface area (Å²) >= 11 is 0. The molecule has 3 aromatic rings. The van der Waals surface area contributed by atoms with Crippen molar-refractivity contribution in [1.29, 1.82) is 5.26 Å². The zero-order chi connectivity index (χ0) is 24.1. The highest BCUT2D eigenvalue weighted by molar-refractivity contribution is 6.19. The standard InChI is InChI=1S/C27H20N2O5/c1-17-22(25(30)29-26(31)23(17)16-28)15-21-10-11-24(34-21)19-8-5-9-20(14-19)27(32)33-13-12-18-6-3-2-4-7-18/h2-11,14-15H,12-13H2,1H3,(H,29,30,31)/b22-15-. The van der Waals surface area contributed by atoms with Gasteiger partial charge >= 0.3 is 5.97 Å². The predicted molar refractivity (Wildman–Crippen MR) is 124 cm³/mol. The number of rotatable bonds is 6. The van der Waals surface area contributed by atoms with Crippen LogP contribution in [0.25, 0.3) is 17.4 Å². The van der Waals surface area contributed by atoms with Crippen LogP contribution in [-0.2, 0) is 20.7 Å². The van der Waals surface area contributed by atoms with Crippen LogP contribution in [0.2, 0.25) is 0 Å². The van der Waals surface area contributed by atoms with Gasteiger partial charge in [-0.25, -0.2) is 4.79 Å². The van der Waals surface area contributed by atoms with Crippen molar-refractivity contribution in [2.45, 2.75) is 13.3 Å². The Kier molecular flexibility index (Phi) is 6.51. The van der Waals surface area contributed by atoms with Gasteiger partial charge in [0.1, 0.15) is 23.2 Å². The molecule has 0 unspecified atom stereocenters. The number of carbonyl (C=O) groups excluding carboxylic acids is 3. The Morgan fingerprint density at radius 2 is 1.85 bits per heavy atom. The minimum absolute atomic E-state index is 0.115. The van der Waals surface area contributed by atoms with Gasteiger partial charge in [-0.1, -0.05) is 42.5 Å². The third-order valence-corrected chi connectivity index (χ3v) is 5.35. The molecule has 0 bridgehead atoms. The zero-order valence-corrected chi connectivity index (χ0v) is 18.3. The van der Waals surface area contributed by atoms with Gasteiger partial charge < -0.3 is 9.15 Å². The summed E-state index contributed by atoms with van der Waals surface area (Å²) in [5, 5.41) is 11.3. The molecule has 0 saturated carbocycles. The maximum atomic E-state index is 12.5. The summed E-state index contributed by atoms with van der Waals surface area (Å²) in [6, 6.07) is 21.8. The number of nitrogens with zero attached hydrogens (tertiary/aromatic N) is 1. The van der Waals surface area contributed by atoms with E-state index in [1.54, 1.807) is 36.4 Å². The molecule has 7 nitrogen and oxygen atoms in total. The molecule has 0 fully saturated rings. The van der Waals surface area contributed by atoms with Crippen LogP contribution in [0.15, 0.2) is 87.9 Å². The quantitative estimate of drug-likeness (QED) is 0.341. The summed E-state index contributed by atoms with van der Waals surface area (Å²) in [6.45, 7) is 1.81. The van der Waals surface area contributed by atoms with Crippen molar-refractivity contribution >= 4 is 23.9 Å². The Bertz CT molecular complexity index is 1370. The number of carbonyl (C=O) groups is 3. The Labute approximate surface area is 196 Å². The van der Waals surface area contributed by atoms with Crippen molar-refractivity contribution < 1.29 is 23.5 Å². The molecule has 0 saturated heterocycles. The van der Waals surface area contributed by atoms with Crippen molar-refractivity contribution in [2.75, 3.05) is 6.61 Å². The number of ether oxygens (including phenoxy) is 1. The second-order valence-electron chi connectivity index (χ2n) is 7.61.